The van der Waals surface area contributed by atoms with Crippen LogP contribution in [0.4, 0.5) is 0 Å². The van der Waals surface area contributed by atoms with Crippen molar-refractivity contribution in [3.05, 3.63) is 36.0 Å². The Bertz CT molecular complexity index is 610. The maximum atomic E-state index is 10.8. The molecule has 0 saturated heterocycles. The summed E-state index contributed by atoms with van der Waals surface area (Å²) in [5, 5.41) is 29.5. The Balaban J connectivity index is 2.23. The largest absolute Gasteiger partial charge is 0.480 e. The summed E-state index contributed by atoms with van der Waals surface area (Å²) in [5.41, 5.74) is 5.62. The van der Waals surface area contributed by atoms with Gasteiger partial charge >= 0.3 is 5.97 Å². The summed E-state index contributed by atoms with van der Waals surface area (Å²) in [4.78, 5) is 13.9. The minimum absolute atomic E-state index is 0.133. The first-order chi connectivity index (χ1) is 9.45. The molecule has 0 fully saturated rings. The topological polar surface area (TPSA) is 120 Å². The van der Waals surface area contributed by atoms with E-state index in [0.717, 1.165) is 16.5 Å². The van der Waals surface area contributed by atoms with Crippen LogP contribution >= 0.6 is 0 Å². The van der Waals surface area contributed by atoms with Crippen molar-refractivity contribution in [3.8, 4) is 0 Å². The maximum absolute atomic E-state index is 10.8. The van der Waals surface area contributed by atoms with Gasteiger partial charge in [-0.15, -0.1) is 0 Å². The number of hydrogen-bond acceptors (Lipinski definition) is 4. The lowest BCUT2D eigenvalue weighted by molar-refractivity contribution is -0.140. The Labute approximate surface area is 115 Å². The predicted molar refractivity (Wildman–Crippen MR) is 74.3 cm³/mol. The number of H-pyrrole nitrogens is 1. The molecule has 0 aliphatic carbocycles. The number of carboxylic acids is 1. The third kappa shape index (κ3) is 2.98. The third-order valence-electron chi connectivity index (χ3n) is 3.41. The van der Waals surface area contributed by atoms with E-state index in [1.165, 1.54) is 0 Å². The van der Waals surface area contributed by atoms with E-state index in [4.69, 9.17) is 10.8 Å². The summed E-state index contributed by atoms with van der Waals surface area (Å²) in [7, 11) is 0. The highest BCUT2D eigenvalue weighted by molar-refractivity contribution is 5.83. The summed E-state index contributed by atoms with van der Waals surface area (Å²) in [6.45, 7) is -0.548. The highest BCUT2D eigenvalue weighted by Crippen LogP contribution is 2.24. The molecule has 2 aromatic rings. The van der Waals surface area contributed by atoms with Gasteiger partial charge in [0.1, 0.15) is 6.04 Å². The van der Waals surface area contributed by atoms with Crippen molar-refractivity contribution < 1.29 is 20.1 Å². The van der Waals surface area contributed by atoms with Gasteiger partial charge in [-0.2, -0.15) is 0 Å². The molecule has 2 atom stereocenters. The number of nitrogens with one attached hydrogen (secondary N) is 1. The van der Waals surface area contributed by atoms with Gasteiger partial charge in [0.2, 0.25) is 0 Å². The molecule has 0 saturated carbocycles. The van der Waals surface area contributed by atoms with Gasteiger partial charge in [0, 0.05) is 29.9 Å². The highest BCUT2D eigenvalue weighted by Gasteiger charge is 2.32. The molecular weight excluding hydrogens is 260 g/mol. The zero-order valence-corrected chi connectivity index (χ0v) is 10.9. The zero-order chi connectivity index (χ0) is 14.8. The van der Waals surface area contributed by atoms with Crippen molar-refractivity contribution in [2.24, 2.45) is 5.73 Å². The fourth-order valence-corrected chi connectivity index (χ4v) is 2.32. The molecule has 6 heteroatoms. The summed E-state index contributed by atoms with van der Waals surface area (Å²) < 4.78 is 0. The molecule has 1 heterocycles. The number of carbonyl (C=O) groups is 1. The number of aromatic amines is 1. The average Bonchev–Trinajstić information content (AvgIpc) is 2.82. The molecule has 6 N–H and O–H groups in total. The number of fused-ring (bicyclic) bond motifs is 1. The molecule has 1 aromatic carbocycles. The number of aromatic nitrogens is 1. The number of hydrogen-bond donors (Lipinski definition) is 5. The normalized spacial score (nSPS) is 15.9. The van der Waals surface area contributed by atoms with Crippen molar-refractivity contribution in [2.45, 2.75) is 24.5 Å². The van der Waals surface area contributed by atoms with Crippen LogP contribution in [0.5, 0.6) is 0 Å². The fourth-order valence-electron chi connectivity index (χ4n) is 2.32. The molecule has 0 amide bonds. The number of rotatable bonds is 6. The average molecular weight is 278 g/mol. The second-order valence-electron chi connectivity index (χ2n) is 5.07. The lowest BCUT2D eigenvalue weighted by Crippen LogP contribution is -2.45. The molecule has 0 radical (unpaired) electrons. The number of aliphatic hydroxyl groups excluding tert-OH is 1. The Kier molecular flexibility index (Phi) is 4.08. The fraction of sp³-hybridized carbons (Fsp3) is 0.357. The molecule has 2 rings (SSSR count). The van der Waals surface area contributed by atoms with Crippen LogP contribution in [0.3, 0.4) is 0 Å². The monoisotopic (exact) mass is 278 g/mol. The molecule has 0 bridgehead atoms. The molecule has 0 spiro atoms. The van der Waals surface area contributed by atoms with Gasteiger partial charge in [-0.25, -0.2) is 0 Å². The smallest absolute Gasteiger partial charge is 0.320 e. The van der Waals surface area contributed by atoms with Gasteiger partial charge in [-0.05, 0) is 11.6 Å². The van der Waals surface area contributed by atoms with Gasteiger partial charge in [-0.1, -0.05) is 18.2 Å². The second-order valence-corrected chi connectivity index (χ2v) is 5.07. The van der Waals surface area contributed by atoms with Gasteiger partial charge < -0.3 is 26.0 Å². The van der Waals surface area contributed by atoms with Crippen molar-refractivity contribution in [1.29, 1.82) is 0 Å². The van der Waals surface area contributed by atoms with Gasteiger partial charge in [0.25, 0.3) is 0 Å². The van der Waals surface area contributed by atoms with E-state index in [1.54, 1.807) is 6.20 Å². The summed E-state index contributed by atoms with van der Waals surface area (Å²) in [5.74, 6) is -1.20. The highest BCUT2D eigenvalue weighted by atomic mass is 16.4. The zero-order valence-electron chi connectivity index (χ0n) is 10.9. The van der Waals surface area contributed by atoms with Crippen molar-refractivity contribution in [2.75, 3.05) is 6.61 Å². The molecule has 6 nitrogen and oxygen atoms in total. The minimum Gasteiger partial charge on any atom is -0.480 e. The predicted octanol–water partition coefficient (Wildman–Crippen LogP) is 0.236. The van der Waals surface area contributed by atoms with Gasteiger partial charge in [-0.3, -0.25) is 4.79 Å². The van der Waals surface area contributed by atoms with E-state index in [1.807, 2.05) is 24.3 Å². The van der Waals surface area contributed by atoms with Gasteiger partial charge in [0.15, 0.2) is 0 Å². The van der Waals surface area contributed by atoms with Crippen LogP contribution in [0.2, 0.25) is 0 Å². The molecular formula is C14H18N2O4. The standard InChI is InChI=1S/C14H18N2O4/c15-11(13(18)19)6-14(20,8-17)5-9-7-16-12-4-2-1-3-10(9)12/h1-4,7,11,16-17,20H,5-6,8,15H2,(H,18,19). The van der Waals surface area contributed by atoms with E-state index in [0.29, 0.717) is 0 Å². The van der Waals surface area contributed by atoms with E-state index in [9.17, 15) is 15.0 Å². The first-order valence-corrected chi connectivity index (χ1v) is 6.32. The number of para-hydroxylation sites is 1. The number of benzene rings is 1. The SMILES string of the molecule is NC(CC(O)(CO)Cc1c[nH]c2ccccc12)C(=O)O. The molecule has 20 heavy (non-hydrogen) atoms. The third-order valence-corrected chi connectivity index (χ3v) is 3.41. The Hall–Kier alpha value is -1.89. The van der Waals surface area contributed by atoms with Crippen molar-refractivity contribution in [1.82, 2.24) is 4.98 Å². The van der Waals surface area contributed by atoms with Crippen LogP contribution < -0.4 is 5.73 Å². The minimum atomic E-state index is -1.55. The van der Waals surface area contributed by atoms with E-state index in [2.05, 4.69) is 4.98 Å². The Morgan fingerprint density at radius 1 is 1.40 bits per heavy atom. The van der Waals surface area contributed by atoms with Crippen LogP contribution in [0, 0.1) is 0 Å². The van der Waals surface area contributed by atoms with Crippen LogP contribution in [0.15, 0.2) is 30.5 Å². The van der Waals surface area contributed by atoms with Crippen LogP contribution in [0.1, 0.15) is 12.0 Å². The quantitative estimate of drug-likeness (QED) is 0.518. The van der Waals surface area contributed by atoms with Gasteiger partial charge in [0.05, 0.1) is 12.2 Å². The molecule has 2 unspecified atom stereocenters. The lowest BCUT2D eigenvalue weighted by Gasteiger charge is -2.27. The first kappa shape index (κ1) is 14.5. The van der Waals surface area contributed by atoms with E-state index >= 15 is 0 Å². The lowest BCUT2D eigenvalue weighted by atomic mass is 9.89. The Morgan fingerprint density at radius 3 is 2.75 bits per heavy atom. The van der Waals surface area contributed by atoms with Crippen molar-refractivity contribution >= 4 is 16.9 Å². The molecule has 0 aliphatic rings. The Morgan fingerprint density at radius 2 is 2.10 bits per heavy atom. The molecule has 0 aliphatic heterocycles. The number of aliphatic hydroxyl groups is 2. The van der Waals surface area contributed by atoms with Crippen LogP contribution in [-0.4, -0.2) is 44.5 Å². The first-order valence-electron chi connectivity index (χ1n) is 6.32. The van der Waals surface area contributed by atoms with E-state index in [-0.39, 0.29) is 12.8 Å². The van der Waals surface area contributed by atoms with Crippen LogP contribution in [0.25, 0.3) is 10.9 Å². The molecule has 108 valence electrons. The summed E-state index contributed by atoms with van der Waals surface area (Å²) in [6.07, 6.45) is 1.67. The van der Waals surface area contributed by atoms with E-state index < -0.39 is 24.2 Å². The molecule has 1 aromatic heterocycles. The summed E-state index contributed by atoms with van der Waals surface area (Å²) >= 11 is 0. The van der Waals surface area contributed by atoms with Crippen LogP contribution in [-0.2, 0) is 11.2 Å². The number of aliphatic carboxylic acids is 1. The summed E-state index contributed by atoms with van der Waals surface area (Å²) in [6, 6.07) is 6.36. The number of carboxylic acid groups (broad SMARTS) is 1. The van der Waals surface area contributed by atoms with Crippen molar-refractivity contribution in [3.63, 3.8) is 0 Å². The maximum Gasteiger partial charge on any atom is 0.320 e. The second kappa shape index (κ2) is 5.62. The number of nitrogens with two attached hydrogens (primary N) is 1.